The van der Waals surface area contributed by atoms with Crippen LogP contribution in [-0.2, 0) is 9.53 Å². The van der Waals surface area contributed by atoms with Crippen LogP contribution in [0, 0.1) is 5.41 Å². The van der Waals surface area contributed by atoms with E-state index >= 15 is 0 Å². The molecular formula is C17H25N3O5. The number of nitrogens with zero attached hydrogens (tertiary/aromatic N) is 3. The van der Waals surface area contributed by atoms with Crippen molar-refractivity contribution in [2.75, 3.05) is 4.90 Å². The Morgan fingerprint density at radius 1 is 1.24 bits per heavy atom. The average Bonchev–Trinajstić information content (AvgIpc) is 2.41. The quantitative estimate of drug-likeness (QED) is 0.489. The fraction of sp³-hybridized carbons (Fsp3) is 0.529. The maximum absolute atomic E-state index is 12.7. The molecule has 8 heteroatoms. The molecule has 0 aliphatic rings. The van der Waals surface area contributed by atoms with Gasteiger partial charge in [0.05, 0.1) is 11.9 Å². The summed E-state index contributed by atoms with van der Waals surface area (Å²) in [6.45, 7) is 10.2. The highest BCUT2D eigenvalue weighted by atomic mass is 16.6. The largest absolute Gasteiger partial charge is 0.480 e. The van der Waals surface area contributed by atoms with Crippen molar-refractivity contribution in [2.45, 2.75) is 53.2 Å². The van der Waals surface area contributed by atoms with E-state index in [4.69, 9.17) is 9.94 Å². The van der Waals surface area contributed by atoms with E-state index in [1.165, 1.54) is 6.07 Å². The van der Waals surface area contributed by atoms with E-state index in [0.29, 0.717) is 0 Å². The Hall–Kier alpha value is -2.64. The van der Waals surface area contributed by atoms with Crippen LogP contribution in [0.4, 0.5) is 10.6 Å². The molecule has 1 atom stereocenters. The molecule has 8 nitrogen and oxygen atoms in total. The van der Waals surface area contributed by atoms with Gasteiger partial charge in [-0.05, 0) is 38.3 Å². The van der Waals surface area contributed by atoms with Crippen LogP contribution in [0.15, 0.2) is 23.4 Å². The lowest BCUT2D eigenvalue weighted by atomic mass is 9.85. The van der Waals surface area contributed by atoms with E-state index in [9.17, 15) is 14.7 Å². The first kappa shape index (κ1) is 20.4. The summed E-state index contributed by atoms with van der Waals surface area (Å²) in [5.74, 6) is -1.09. The van der Waals surface area contributed by atoms with Crippen molar-refractivity contribution >= 4 is 24.1 Å². The number of anilines is 1. The first-order valence-electron chi connectivity index (χ1n) is 7.76. The van der Waals surface area contributed by atoms with Crippen LogP contribution < -0.4 is 4.90 Å². The number of carbonyl (C=O) groups excluding carboxylic acids is 1. The normalized spacial score (nSPS) is 13.5. The smallest absolute Gasteiger partial charge is 0.416 e. The summed E-state index contributed by atoms with van der Waals surface area (Å²) in [6, 6.07) is 3.43. The molecule has 2 N–H and O–H groups in total. The Kier molecular flexibility index (Phi) is 6.12. The third kappa shape index (κ3) is 5.74. The zero-order valence-electron chi connectivity index (χ0n) is 15.3. The molecule has 138 valence electrons. The molecule has 1 rings (SSSR count). The standard InChI is InChI=1S/C17H25N3O5/c1-16(2,3)13(14(21)22)20(15(23)25-17(4,5)6)12-9-7-8-11(19-12)10-18-24/h7-10,13,24H,1-6H3,(H,21,22)/b18-10-. The van der Waals surface area contributed by atoms with E-state index in [0.717, 1.165) is 11.1 Å². The molecule has 0 saturated heterocycles. The van der Waals surface area contributed by atoms with Crippen molar-refractivity contribution < 1.29 is 24.6 Å². The molecule has 1 amide bonds. The van der Waals surface area contributed by atoms with Gasteiger partial charge in [0.15, 0.2) is 0 Å². The zero-order chi connectivity index (χ0) is 19.4. The molecule has 1 aromatic heterocycles. The predicted octanol–water partition coefficient (Wildman–Crippen LogP) is 3.13. The molecule has 0 aromatic carbocycles. The van der Waals surface area contributed by atoms with E-state index in [1.807, 2.05) is 0 Å². The highest BCUT2D eigenvalue weighted by Gasteiger charge is 2.42. The molecule has 25 heavy (non-hydrogen) atoms. The lowest BCUT2D eigenvalue weighted by Crippen LogP contribution is -2.54. The molecule has 0 aliphatic heterocycles. The number of hydrogen-bond acceptors (Lipinski definition) is 6. The minimum Gasteiger partial charge on any atom is -0.480 e. The summed E-state index contributed by atoms with van der Waals surface area (Å²) >= 11 is 0. The van der Waals surface area contributed by atoms with Crippen molar-refractivity contribution in [2.24, 2.45) is 10.6 Å². The Bertz CT molecular complexity index is 659. The van der Waals surface area contributed by atoms with Gasteiger partial charge in [0, 0.05) is 0 Å². The maximum Gasteiger partial charge on any atom is 0.416 e. The van der Waals surface area contributed by atoms with Gasteiger partial charge in [0.25, 0.3) is 0 Å². The minimum atomic E-state index is -1.21. The van der Waals surface area contributed by atoms with Crippen LogP contribution in [0.3, 0.4) is 0 Å². The second-order valence-electron chi connectivity index (χ2n) is 7.62. The Morgan fingerprint density at radius 3 is 2.28 bits per heavy atom. The van der Waals surface area contributed by atoms with Gasteiger partial charge in [0.1, 0.15) is 17.5 Å². The van der Waals surface area contributed by atoms with Crippen molar-refractivity contribution in [3.63, 3.8) is 0 Å². The summed E-state index contributed by atoms with van der Waals surface area (Å²) in [6.07, 6.45) is 0.268. The lowest BCUT2D eigenvalue weighted by molar-refractivity contribution is -0.141. The third-order valence-electron chi connectivity index (χ3n) is 3.10. The first-order chi connectivity index (χ1) is 11.4. The van der Waals surface area contributed by atoms with Crippen molar-refractivity contribution in [3.05, 3.63) is 23.9 Å². The Balaban J connectivity index is 3.49. The Morgan fingerprint density at radius 2 is 1.84 bits per heavy atom. The second-order valence-corrected chi connectivity index (χ2v) is 7.62. The number of pyridine rings is 1. The minimum absolute atomic E-state index is 0.0916. The van der Waals surface area contributed by atoms with Gasteiger partial charge < -0.3 is 15.1 Å². The highest BCUT2D eigenvalue weighted by Crippen LogP contribution is 2.30. The number of carbonyl (C=O) groups is 2. The number of amides is 1. The van der Waals surface area contributed by atoms with Crippen LogP contribution in [-0.4, -0.2) is 45.2 Å². The van der Waals surface area contributed by atoms with Crippen molar-refractivity contribution in [1.82, 2.24) is 4.98 Å². The highest BCUT2D eigenvalue weighted by molar-refractivity contribution is 5.95. The van der Waals surface area contributed by atoms with Gasteiger partial charge in [-0.1, -0.05) is 32.0 Å². The summed E-state index contributed by atoms with van der Waals surface area (Å²) in [7, 11) is 0. The monoisotopic (exact) mass is 351 g/mol. The lowest BCUT2D eigenvalue weighted by Gasteiger charge is -2.37. The number of carboxylic acids is 1. The molecular weight excluding hydrogens is 326 g/mol. The van der Waals surface area contributed by atoms with Crippen LogP contribution >= 0.6 is 0 Å². The second kappa shape index (κ2) is 7.50. The van der Waals surface area contributed by atoms with E-state index < -0.39 is 29.1 Å². The number of oxime groups is 1. The topological polar surface area (TPSA) is 112 Å². The van der Waals surface area contributed by atoms with E-state index in [2.05, 4.69) is 10.1 Å². The summed E-state index contributed by atoms with van der Waals surface area (Å²) in [5.41, 5.74) is -1.32. The zero-order valence-corrected chi connectivity index (χ0v) is 15.3. The van der Waals surface area contributed by atoms with Gasteiger partial charge in [-0.2, -0.15) is 0 Å². The number of carboxylic acid groups (broad SMARTS) is 1. The van der Waals surface area contributed by atoms with Crippen LogP contribution in [0.5, 0.6) is 0 Å². The first-order valence-corrected chi connectivity index (χ1v) is 7.76. The number of rotatable bonds is 4. The van der Waals surface area contributed by atoms with Gasteiger partial charge in [-0.25, -0.2) is 19.5 Å². The van der Waals surface area contributed by atoms with Crippen LogP contribution in [0.1, 0.15) is 47.2 Å². The summed E-state index contributed by atoms with van der Waals surface area (Å²) in [4.78, 5) is 29.8. The van der Waals surface area contributed by atoms with Crippen LogP contribution in [0.2, 0.25) is 0 Å². The van der Waals surface area contributed by atoms with E-state index in [1.54, 1.807) is 53.7 Å². The van der Waals surface area contributed by atoms with Gasteiger partial charge in [-0.3, -0.25) is 0 Å². The van der Waals surface area contributed by atoms with E-state index in [-0.39, 0.29) is 11.5 Å². The maximum atomic E-state index is 12.7. The third-order valence-corrected chi connectivity index (χ3v) is 3.10. The molecule has 0 aliphatic carbocycles. The van der Waals surface area contributed by atoms with Gasteiger partial charge in [0.2, 0.25) is 0 Å². The molecule has 0 bridgehead atoms. The Labute approximate surface area is 147 Å². The summed E-state index contributed by atoms with van der Waals surface area (Å²) < 4.78 is 5.38. The van der Waals surface area contributed by atoms with Crippen LogP contribution in [0.25, 0.3) is 0 Å². The molecule has 0 fully saturated rings. The molecule has 1 unspecified atom stereocenters. The number of hydrogen-bond donors (Lipinski definition) is 2. The molecule has 0 radical (unpaired) electrons. The average molecular weight is 351 g/mol. The summed E-state index contributed by atoms with van der Waals surface area (Å²) in [5, 5.41) is 21.3. The molecule has 0 spiro atoms. The fourth-order valence-corrected chi connectivity index (χ4v) is 2.22. The fourth-order valence-electron chi connectivity index (χ4n) is 2.22. The van der Waals surface area contributed by atoms with Gasteiger partial charge in [-0.15, -0.1) is 0 Å². The van der Waals surface area contributed by atoms with Gasteiger partial charge >= 0.3 is 12.1 Å². The molecule has 1 aromatic rings. The van der Waals surface area contributed by atoms with Crippen molar-refractivity contribution in [1.29, 1.82) is 0 Å². The number of aliphatic carboxylic acids is 1. The SMILES string of the molecule is CC(C)(C)OC(=O)N(c1cccc(/C=N\O)n1)C(C(=O)O)C(C)(C)C. The molecule has 0 saturated carbocycles. The number of aromatic nitrogens is 1. The van der Waals surface area contributed by atoms with Crippen molar-refractivity contribution in [3.8, 4) is 0 Å². The number of ether oxygens (including phenoxy) is 1. The molecule has 1 heterocycles. The predicted molar refractivity (Wildman–Crippen MR) is 93.2 cm³/mol.